The Bertz CT molecular complexity index is 1400. The summed E-state index contributed by atoms with van der Waals surface area (Å²) in [7, 11) is 0. The maximum atomic E-state index is 13.1. The van der Waals surface area contributed by atoms with Gasteiger partial charge < -0.3 is 0 Å². The van der Waals surface area contributed by atoms with E-state index in [-0.39, 0.29) is 5.82 Å². The third kappa shape index (κ3) is 4.37. The maximum Gasteiger partial charge on any atom is 0.416 e. The molecule has 0 amide bonds. The molecule has 0 saturated heterocycles. The van der Waals surface area contributed by atoms with Gasteiger partial charge in [0.25, 0.3) is 5.56 Å². The van der Waals surface area contributed by atoms with Gasteiger partial charge in [0.2, 0.25) is 0 Å². The third-order valence-electron chi connectivity index (χ3n) is 4.72. The summed E-state index contributed by atoms with van der Waals surface area (Å²) in [6.07, 6.45) is -1.11. The second kappa shape index (κ2) is 8.40. The van der Waals surface area contributed by atoms with Gasteiger partial charge in [-0.2, -0.15) is 18.4 Å². The second-order valence-corrected chi connectivity index (χ2v) is 6.88. The first kappa shape index (κ1) is 20.9. The van der Waals surface area contributed by atoms with Crippen LogP contribution in [0, 0.1) is 11.3 Å². The van der Waals surface area contributed by atoms with Crippen LogP contribution in [-0.2, 0) is 6.18 Å². The molecule has 0 spiro atoms. The van der Waals surface area contributed by atoms with E-state index in [1.54, 1.807) is 60.7 Å². The smallest absolute Gasteiger partial charge is 0.290 e. The quantitative estimate of drug-likeness (QED) is 0.473. The van der Waals surface area contributed by atoms with Crippen molar-refractivity contribution in [2.45, 2.75) is 6.18 Å². The normalized spacial score (nSPS) is 11.6. The predicted molar refractivity (Wildman–Crippen MR) is 117 cm³/mol. The number of hydrogen-bond donors (Lipinski definition) is 1. The molecule has 158 valence electrons. The lowest BCUT2D eigenvalue weighted by Crippen LogP contribution is -2.29. The molecule has 1 aromatic heterocycles. The molecule has 0 unspecified atom stereocenters. The van der Waals surface area contributed by atoms with Gasteiger partial charge in [-0.3, -0.25) is 10.2 Å². The largest absolute Gasteiger partial charge is 0.416 e. The molecular formula is C24H15F3N4O. The van der Waals surface area contributed by atoms with Crippen molar-refractivity contribution in [3.05, 3.63) is 106 Å². The molecule has 8 heteroatoms. The fraction of sp³-hybridized carbons (Fsp3) is 0.0417. The van der Waals surface area contributed by atoms with Crippen LogP contribution in [0.3, 0.4) is 0 Å². The maximum absolute atomic E-state index is 13.1. The number of para-hydroxylation sites is 1. The first-order valence-corrected chi connectivity index (χ1v) is 9.49. The molecule has 1 heterocycles. The van der Waals surface area contributed by atoms with Crippen LogP contribution in [0.2, 0.25) is 0 Å². The molecule has 32 heavy (non-hydrogen) atoms. The van der Waals surface area contributed by atoms with Gasteiger partial charge in [-0.05, 0) is 60.2 Å². The molecule has 0 fully saturated rings. The first-order chi connectivity index (χ1) is 15.3. The molecule has 0 aliphatic heterocycles. The van der Waals surface area contributed by atoms with Gasteiger partial charge in [0.1, 0.15) is 0 Å². The Labute approximate surface area is 180 Å². The zero-order valence-corrected chi connectivity index (χ0v) is 16.5. The summed E-state index contributed by atoms with van der Waals surface area (Å²) >= 11 is 0. The van der Waals surface area contributed by atoms with Crippen LogP contribution in [0.5, 0.6) is 0 Å². The highest BCUT2D eigenvalue weighted by Gasteiger charge is 2.30. The van der Waals surface area contributed by atoms with Crippen LogP contribution in [0.25, 0.3) is 23.1 Å². The highest BCUT2D eigenvalue weighted by atomic mass is 19.4. The monoisotopic (exact) mass is 432 g/mol. The number of nitriles is 1. The van der Waals surface area contributed by atoms with E-state index >= 15 is 0 Å². The number of hydrogen-bond acceptors (Lipinski definition) is 4. The molecule has 4 aromatic rings. The van der Waals surface area contributed by atoms with Crippen LogP contribution in [0.4, 0.5) is 18.9 Å². The summed E-state index contributed by atoms with van der Waals surface area (Å²) in [6.45, 7) is 0. The number of fused-ring (bicyclic) bond motifs is 1. The predicted octanol–water partition coefficient (Wildman–Crippen LogP) is 5.33. The molecule has 4 rings (SSSR count). The van der Waals surface area contributed by atoms with Crippen molar-refractivity contribution in [1.29, 1.82) is 5.26 Å². The molecular weight excluding hydrogens is 417 g/mol. The standard InChI is InChI=1S/C24H15F3N4O/c25-24(26,27)18-10-12-19(13-11-18)30-31-22(14-9-16-5-7-17(15-28)8-6-16)29-21-4-2-1-3-20(21)23(31)32/h1-14,30H/b14-9+. The van der Waals surface area contributed by atoms with Crippen LogP contribution < -0.4 is 11.0 Å². The van der Waals surface area contributed by atoms with Crippen LogP contribution in [0.15, 0.2) is 77.6 Å². The van der Waals surface area contributed by atoms with Crippen LogP contribution >= 0.6 is 0 Å². The number of halogens is 3. The molecule has 0 radical (unpaired) electrons. The molecule has 3 aromatic carbocycles. The van der Waals surface area contributed by atoms with Crippen molar-refractivity contribution >= 4 is 28.7 Å². The second-order valence-electron chi connectivity index (χ2n) is 6.88. The van der Waals surface area contributed by atoms with Gasteiger partial charge in [-0.25, -0.2) is 9.66 Å². The minimum Gasteiger partial charge on any atom is -0.290 e. The average Bonchev–Trinajstić information content (AvgIpc) is 2.80. The Hall–Kier alpha value is -4.38. The van der Waals surface area contributed by atoms with E-state index in [1.165, 1.54) is 16.8 Å². The highest BCUT2D eigenvalue weighted by molar-refractivity contribution is 5.79. The Morgan fingerprint density at radius 1 is 0.938 bits per heavy atom. The molecule has 1 N–H and O–H groups in total. The topological polar surface area (TPSA) is 70.7 Å². The minimum absolute atomic E-state index is 0.262. The Morgan fingerprint density at radius 2 is 1.62 bits per heavy atom. The summed E-state index contributed by atoms with van der Waals surface area (Å²) in [5.74, 6) is 0.262. The number of rotatable bonds is 4. The van der Waals surface area contributed by atoms with E-state index in [1.807, 2.05) is 6.07 Å². The number of anilines is 1. The third-order valence-corrected chi connectivity index (χ3v) is 4.72. The first-order valence-electron chi connectivity index (χ1n) is 9.49. The van der Waals surface area contributed by atoms with Gasteiger partial charge in [0.15, 0.2) is 5.82 Å². The number of nitrogens with zero attached hydrogens (tertiary/aromatic N) is 3. The fourth-order valence-electron chi connectivity index (χ4n) is 3.07. The van der Waals surface area contributed by atoms with Crippen molar-refractivity contribution in [2.24, 2.45) is 0 Å². The SMILES string of the molecule is N#Cc1ccc(/C=C/c2nc3ccccc3c(=O)n2Nc2ccc(C(F)(F)F)cc2)cc1. The summed E-state index contributed by atoms with van der Waals surface area (Å²) in [6, 6.07) is 20.1. The zero-order valence-electron chi connectivity index (χ0n) is 16.5. The summed E-state index contributed by atoms with van der Waals surface area (Å²) in [5, 5.41) is 9.28. The molecule has 0 aliphatic rings. The van der Waals surface area contributed by atoms with E-state index in [2.05, 4.69) is 10.4 Å². The van der Waals surface area contributed by atoms with Crippen LogP contribution in [-0.4, -0.2) is 9.66 Å². The summed E-state index contributed by atoms with van der Waals surface area (Å²) < 4.78 is 39.7. The van der Waals surface area contributed by atoms with Crippen molar-refractivity contribution in [3.8, 4) is 6.07 Å². The van der Waals surface area contributed by atoms with Crippen molar-refractivity contribution in [2.75, 3.05) is 5.43 Å². The van der Waals surface area contributed by atoms with E-state index in [4.69, 9.17) is 5.26 Å². The number of benzene rings is 3. The van der Waals surface area contributed by atoms with Crippen molar-refractivity contribution < 1.29 is 13.2 Å². The lowest BCUT2D eigenvalue weighted by Gasteiger charge is -2.14. The minimum atomic E-state index is -4.45. The van der Waals surface area contributed by atoms with Gasteiger partial charge in [0, 0.05) is 0 Å². The van der Waals surface area contributed by atoms with Gasteiger partial charge in [-0.1, -0.05) is 30.3 Å². The lowest BCUT2D eigenvalue weighted by molar-refractivity contribution is -0.137. The van der Waals surface area contributed by atoms with Crippen molar-refractivity contribution in [1.82, 2.24) is 9.66 Å². The van der Waals surface area contributed by atoms with Gasteiger partial charge in [-0.15, -0.1) is 0 Å². The number of nitrogens with one attached hydrogen (secondary N) is 1. The highest BCUT2D eigenvalue weighted by Crippen LogP contribution is 2.29. The van der Waals surface area contributed by atoms with Gasteiger partial charge in [0.05, 0.1) is 33.8 Å². The number of aromatic nitrogens is 2. The van der Waals surface area contributed by atoms with Gasteiger partial charge >= 0.3 is 6.18 Å². The fourth-order valence-corrected chi connectivity index (χ4v) is 3.07. The molecule has 0 atom stereocenters. The zero-order chi connectivity index (χ0) is 22.7. The van der Waals surface area contributed by atoms with E-state index in [0.717, 1.165) is 17.7 Å². The summed E-state index contributed by atoms with van der Waals surface area (Å²) in [4.78, 5) is 17.6. The molecule has 0 aliphatic carbocycles. The lowest BCUT2D eigenvalue weighted by atomic mass is 10.1. The van der Waals surface area contributed by atoms with Crippen LogP contribution in [0.1, 0.15) is 22.5 Å². The van der Waals surface area contributed by atoms with E-state index in [9.17, 15) is 18.0 Å². The number of alkyl halides is 3. The Kier molecular flexibility index (Phi) is 5.48. The van der Waals surface area contributed by atoms with E-state index in [0.29, 0.717) is 22.2 Å². The van der Waals surface area contributed by atoms with E-state index < -0.39 is 17.3 Å². The molecule has 5 nitrogen and oxygen atoms in total. The summed E-state index contributed by atoms with van der Waals surface area (Å²) in [5.41, 5.74) is 3.76. The van der Waals surface area contributed by atoms with Crippen molar-refractivity contribution in [3.63, 3.8) is 0 Å². The molecule has 0 bridgehead atoms. The Balaban J connectivity index is 1.76. The molecule has 0 saturated carbocycles. The average molecular weight is 432 g/mol. The Morgan fingerprint density at radius 3 is 2.28 bits per heavy atom.